The number of oxazole rings is 1. The van der Waals surface area contributed by atoms with Crippen molar-refractivity contribution in [3.8, 4) is 0 Å². The molecule has 0 spiro atoms. The van der Waals surface area contributed by atoms with Gasteiger partial charge in [0.2, 0.25) is 11.5 Å². The third-order valence-electron chi connectivity index (χ3n) is 5.55. The van der Waals surface area contributed by atoms with Crippen LogP contribution in [0, 0.1) is 23.7 Å². The molecule has 4 aliphatic rings. The van der Waals surface area contributed by atoms with Crippen LogP contribution in [0.5, 0.6) is 0 Å². The number of hydrogen-bond donors (Lipinski definition) is 2. The first-order valence-corrected chi connectivity index (χ1v) is 7.50. The van der Waals surface area contributed by atoms with Gasteiger partial charge < -0.3 is 14.6 Å². The highest BCUT2D eigenvalue weighted by molar-refractivity contribution is 5.98. The fraction of sp³-hybridized carbons (Fsp3) is 0.667. The molecule has 6 nitrogen and oxygen atoms in total. The van der Waals surface area contributed by atoms with Crippen molar-refractivity contribution in [3.63, 3.8) is 0 Å². The summed E-state index contributed by atoms with van der Waals surface area (Å²) >= 11 is 0. The number of hydrogen-bond acceptors (Lipinski definition) is 4. The highest BCUT2D eigenvalue weighted by atomic mass is 16.4. The molecule has 5 rings (SSSR count). The molecule has 112 valence electrons. The lowest BCUT2D eigenvalue weighted by molar-refractivity contribution is -0.0119. The molecule has 0 amide bonds. The fourth-order valence-corrected chi connectivity index (χ4v) is 5.10. The SMILES string of the molecule is O=C(O)c1nc(C2C3CC4CC(C3)CC2C4)oc1C(=O)O. The molecule has 0 saturated heterocycles. The molecule has 4 saturated carbocycles. The molecule has 2 N–H and O–H groups in total. The van der Waals surface area contributed by atoms with Crippen molar-refractivity contribution < 1.29 is 24.2 Å². The van der Waals surface area contributed by atoms with Gasteiger partial charge in [0.25, 0.3) is 0 Å². The average molecular weight is 291 g/mol. The molecule has 0 aliphatic heterocycles. The van der Waals surface area contributed by atoms with Gasteiger partial charge in [-0.15, -0.1) is 0 Å². The molecule has 1 aromatic heterocycles. The molecule has 1 aromatic rings. The molecular weight excluding hydrogens is 274 g/mol. The Kier molecular flexibility index (Phi) is 2.65. The third kappa shape index (κ3) is 1.88. The van der Waals surface area contributed by atoms with Gasteiger partial charge in [-0.1, -0.05) is 0 Å². The van der Waals surface area contributed by atoms with Gasteiger partial charge in [-0.3, -0.25) is 0 Å². The van der Waals surface area contributed by atoms with E-state index in [0.29, 0.717) is 17.7 Å². The second-order valence-electron chi connectivity index (χ2n) is 6.80. The van der Waals surface area contributed by atoms with Crippen LogP contribution in [-0.2, 0) is 0 Å². The molecule has 4 bridgehead atoms. The molecule has 6 heteroatoms. The molecule has 21 heavy (non-hydrogen) atoms. The molecule has 1 heterocycles. The van der Waals surface area contributed by atoms with E-state index in [1.807, 2.05) is 0 Å². The van der Waals surface area contributed by atoms with Gasteiger partial charge in [0.05, 0.1) is 0 Å². The second-order valence-corrected chi connectivity index (χ2v) is 6.80. The molecule has 4 aliphatic carbocycles. The Balaban J connectivity index is 1.72. The third-order valence-corrected chi connectivity index (χ3v) is 5.55. The quantitative estimate of drug-likeness (QED) is 0.887. The van der Waals surface area contributed by atoms with Gasteiger partial charge in [-0.25, -0.2) is 14.6 Å². The summed E-state index contributed by atoms with van der Waals surface area (Å²) in [5.41, 5.74) is -0.466. The van der Waals surface area contributed by atoms with Gasteiger partial charge in [-0.2, -0.15) is 0 Å². The molecule has 0 aromatic carbocycles. The zero-order valence-electron chi connectivity index (χ0n) is 11.5. The number of aromatic nitrogens is 1. The lowest BCUT2D eigenvalue weighted by Gasteiger charge is -2.53. The largest absolute Gasteiger partial charge is 0.476 e. The summed E-state index contributed by atoms with van der Waals surface area (Å²) in [7, 11) is 0. The minimum absolute atomic E-state index is 0.101. The van der Waals surface area contributed by atoms with Gasteiger partial charge in [0.15, 0.2) is 5.89 Å². The van der Waals surface area contributed by atoms with E-state index in [9.17, 15) is 9.59 Å². The Labute approximate surface area is 121 Å². The Bertz CT molecular complexity index is 560. The van der Waals surface area contributed by atoms with Crippen LogP contribution in [0.25, 0.3) is 0 Å². The van der Waals surface area contributed by atoms with Crippen LogP contribution >= 0.6 is 0 Å². The topological polar surface area (TPSA) is 101 Å². The van der Waals surface area contributed by atoms with Crippen LogP contribution in [0.2, 0.25) is 0 Å². The number of carboxylic acid groups (broad SMARTS) is 2. The summed E-state index contributed by atoms with van der Waals surface area (Å²) in [4.78, 5) is 26.3. The van der Waals surface area contributed by atoms with Crippen LogP contribution in [0.4, 0.5) is 0 Å². The van der Waals surface area contributed by atoms with Gasteiger partial charge in [0, 0.05) is 5.92 Å². The van der Waals surface area contributed by atoms with E-state index in [0.717, 1.165) is 37.5 Å². The second kappa shape index (κ2) is 4.32. The smallest absolute Gasteiger partial charge is 0.374 e. The first-order valence-electron chi connectivity index (χ1n) is 7.50. The number of carbonyl (C=O) groups is 2. The van der Waals surface area contributed by atoms with Crippen LogP contribution in [-0.4, -0.2) is 27.1 Å². The average Bonchev–Trinajstić information content (AvgIpc) is 2.82. The Morgan fingerprint density at radius 1 is 0.952 bits per heavy atom. The Morgan fingerprint density at radius 3 is 1.95 bits per heavy atom. The summed E-state index contributed by atoms with van der Waals surface area (Å²) in [5.74, 6) is -0.283. The summed E-state index contributed by atoms with van der Waals surface area (Å²) in [6.45, 7) is 0. The Hall–Kier alpha value is -1.85. The maximum absolute atomic E-state index is 11.1. The highest BCUT2D eigenvalue weighted by Gasteiger charge is 2.50. The first kappa shape index (κ1) is 12.9. The molecule has 0 unspecified atom stereocenters. The fourth-order valence-electron chi connectivity index (χ4n) is 5.10. The minimum atomic E-state index is -1.37. The van der Waals surface area contributed by atoms with E-state index in [-0.39, 0.29) is 5.92 Å². The minimum Gasteiger partial charge on any atom is -0.476 e. The van der Waals surface area contributed by atoms with Gasteiger partial charge in [0.1, 0.15) is 0 Å². The number of carboxylic acids is 2. The number of nitrogens with zero attached hydrogens (tertiary/aromatic N) is 1. The molecule has 0 atom stereocenters. The number of aromatic carboxylic acids is 2. The monoisotopic (exact) mass is 291 g/mol. The first-order chi connectivity index (χ1) is 10.0. The van der Waals surface area contributed by atoms with E-state index in [4.69, 9.17) is 14.6 Å². The molecule has 0 radical (unpaired) electrons. The van der Waals surface area contributed by atoms with Crippen molar-refractivity contribution in [1.82, 2.24) is 4.98 Å². The van der Waals surface area contributed by atoms with E-state index in [1.54, 1.807) is 0 Å². The van der Waals surface area contributed by atoms with Crippen LogP contribution in [0.1, 0.15) is 65.0 Å². The van der Waals surface area contributed by atoms with E-state index >= 15 is 0 Å². The Morgan fingerprint density at radius 2 is 1.52 bits per heavy atom. The van der Waals surface area contributed by atoms with Crippen molar-refractivity contribution in [2.75, 3.05) is 0 Å². The van der Waals surface area contributed by atoms with Gasteiger partial charge in [-0.05, 0) is 55.8 Å². The summed E-state index contributed by atoms with van der Waals surface area (Å²) in [6, 6.07) is 0. The van der Waals surface area contributed by atoms with E-state index in [2.05, 4.69) is 4.98 Å². The maximum Gasteiger partial charge on any atom is 0.374 e. The molecular formula is C15H17NO5. The molecule has 4 fully saturated rings. The van der Waals surface area contributed by atoms with Crippen LogP contribution in [0.15, 0.2) is 4.42 Å². The van der Waals surface area contributed by atoms with Crippen molar-refractivity contribution in [3.05, 3.63) is 17.3 Å². The summed E-state index contributed by atoms with van der Waals surface area (Å²) in [5, 5.41) is 18.2. The van der Waals surface area contributed by atoms with Crippen molar-refractivity contribution in [1.29, 1.82) is 0 Å². The normalized spacial score (nSPS) is 36.9. The van der Waals surface area contributed by atoms with E-state index < -0.39 is 23.4 Å². The lowest BCUT2D eigenvalue weighted by Crippen LogP contribution is -2.43. The highest BCUT2D eigenvalue weighted by Crippen LogP contribution is 2.59. The lowest BCUT2D eigenvalue weighted by atomic mass is 9.52. The van der Waals surface area contributed by atoms with Crippen LogP contribution in [0.3, 0.4) is 0 Å². The zero-order chi connectivity index (χ0) is 14.7. The van der Waals surface area contributed by atoms with Crippen molar-refractivity contribution in [2.24, 2.45) is 23.7 Å². The summed E-state index contributed by atoms with van der Waals surface area (Å²) in [6.07, 6.45) is 5.90. The van der Waals surface area contributed by atoms with Crippen molar-refractivity contribution >= 4 is 11.9 Å². The van der Waals surface area contributed by atoms with Gasteiger partial charge >= 0.3 is 11.9 Å². The zero-order valence-corrected chi connectivity index (χ0v) is 11.5. The van der Waals surface area contributed by atoms with Crippen molar-refractivity contribution in [2.45, 2.75) is 38.0 Å². The maximum atomic E-state index is 11.1. The van der Waals surface area contributed by atoms with E-state index in [1.165, 1.54) is 6.42 Å². The van der Waals surface area contributed by atoms with Crippen LogP contribution < -0.4 is 0 Å². The predicted molar refractivity (Wildman–Crippen MR) is 70.2 cm³/mol. The number of rotatable bonds is 3. The predicted octanol–water partition coefficient (Wildman–Crippen LogP) is 2.61. The standard InChI is InChI=1S/C15H17NO5/c17-14(18)11-12(15(19)20)21-13(16-11)10-8-2-6-1-7(4-8)5-9(10)3-6/h6-10H,1-5H2,(H,17,18)(H,19,20). The summed E-state index contributed by atoms with van der Waals surface area (Å²) < 4.78 is 5.37.